The van der Waals surface area contributed by atoms with Crippen molar-refractivity contribution in [3.63, 3.8) is 0 Å². The predicted octanol–water partition coefficient (Wildman–Crippen LogP) is 1.65. The van der Waals surface area contributed by atoms with E-state index >= 15 is 0 Å². The van der Waals surface area contributed by atoms with Gasteiger partial charge in [0.1, 0.15) is 0 Å². The van der Waals surface area contributed by atoms with Crippen LogP contribution in [0.5, 0.6) is 0 Å². The fourth-order valence-corrected chi connectivity index (χ4v) is 2.05. The number of rotatable bonds is 2. The van der Waals surface area contributed by atoms with E-state index in [1.54, 1.807) is 0 Å². The highest BCUT2D eigenvalue weighted by atomic mass is 15.2. The molecular weight excluding hydrogens is 172 g/mol. The molecule has 0 aromatic heterocycles. The zero-order valence-electron chi connectivity index (χ0n) is 8.90. The molecule has 76 valence electrons. The predicted molar refractivity (Wildman–Crippen MR) is 59.3 cm³/mol. The molecule has 2 heteroatoms. The van der Waals surface area contributed by atoms with Crippen LogP contribution in [0.1, 0.15) is 18.0 Å². The minimum Gasteiger partial charge on any atom is -0.308 e. The van der Waals surface area contributed by atoms with Crippen LogP contribution in [0.3, 0.4) is 0 Å². The van der Waals surface area contributed by atoms with Crippen molar-refractivity contribution in [2.75, 3.05) is 20.6 Å². The van der Waals surface area contributed by atoms with Crippen molar-refractivity contribution in [1.29, 1.82) is 0 Å². The van der Waals surface area contributed by atoms with Crippen LogP contribution in [0, 0.1) is 0 Å². The van der Waals surface area contributed by atoms with Gasteiger partial charge in [-0.05, 0) is 26.1 Å². The summed E-state index contributed by atoms with van der Waals surface area (Å²) in [6.45, 7) is 1.10. The first kappa shape index (κ1) is 9.69. The molecule has 1 aliphatic heterocycles. The molecule has 1 aromatic carbocycles. The van der Waals surface area contributed by atoms with Gasteiger partial charge in [0.05, 0.1) is 0 Å². The fraction of sp³-hybridized carbons (Fsp3) is 0.500. The number of likely N-dealkylation sites (N-methyl/N-ethyl adjacent to an activating group) is 1. The molecule has 0 aliphatic carbocycles. The van der Waals surface area contributed by atoms with Crippen LogP contribution in [0.25, 0.3) is 0 Å². The fourth-order valence-electron chi connectivity index (χ4n) is 2.05. The summed E-state index contributed by atoms with van der Waals surface area (Å²) in [6, 6.07) is 11.9. The monoisotopic (exact) mass is 190 g/mol. The van der Waals surface area contributed by atoms with Gasteiger partial charge in [-0.2, -0.15) is 0 Å². The lowest BCUT2D eigenvalue weighted by Gasteiger charge is -2.17. The van der Waals surface area contributed by atoms with Crippen LogP contribution in [0.4, 0.5) is 0 Å². The van der Waals surface area contributed by atoms with Gasteiger partial charge in [0.25, 0.3) is 0 Å². The Morgan fingerprint density at radius 1 is 1.21 bits per heavy atom. The highest BCUT2D eigenvalue weighted by Gasteiger charge is 2.25. The Hall–Kier alpha value is -0.860. The van der Waals surface area contributed by atoms with Crippen molar-refractivity contribution in [2.45, 2.75) is 18.5 Å². The molecule has 0 bridgehead atoms. The highest BCUT2D eigenvalue weighted by Crippen LogP contribution is 2.24. The van der Waals surface area contributed by atoms with Crippen LogP contribution in [-0.2, 0) is 0 Å². The molecule has 1 N–H and O–H groups in total. The lowest BCUT2D eigenvalue weighted by Crippen LogP contribution is -2.29. The van der Waals surface area contributed by atoms with E-state index in [0.717, 1.165) is 6.54 Å². The summed E-state index contributed by atoms with van der Waals surface area (Å²) in [5.41, 5.74) is 1.41. The smallest absolute Gasteiger partial charge is 0.0336 e. The van der Waals surface area contributed by atoms with Gasteiger partial charge in [-0.1, -0.05) is 30.3 Å². The van der Waals surface area contributed by atoms with E-state index in [2.05, 4.69) is 54.6 Å². The molecule has 1 heterocycles. The van der Waals surface area contributed by atoms with Crippen LogP contribution >= 0.6 is 0 Å². The highest BCUT2D eigenvalue weighted by molar-refractivity contribution is 5.20. The minimum atomic E-state index is 0.545. The number of nitrogens with zero attached hydrogens (tertiary/aromatic N) is 1. The van der Waals surface area contributed by atoms with E-state index in [0.29, 0.717) is 12.1 Å². The van der Waals surface area contributed by atoms with Gasteiger partial charge in [-0.25, -0.2) is 0 Å². The van der Waals surface area contributed by atoms with Gasteiger partial charge in [-0.3, -0.25) is 0 Å². The second-order valence-electron chi connectivity index (χ2n) is 4.22. The molecule has 2 rings (SSSR count). The molecule has 2 nitrogen and oxygen atoms in total. The van der Waals surface area contributed by atoms with Crippen LogP contribution in [0.2, 0.25) is 0 Å². The first-order chi connectivity index (χ1) is 6.77. The van der Waals surface area contributed by atoms with E-state index in [4.69, 9.17) is 0 Å². The maximum absolute atomic E-state index is 3.56. The van der Waals surface area contributed by atoms with Crippen LogP contribution in [-0.4, -0.2) is 31.6 Å². The molecule has 14 heavy (non-hydrogen) atoms. The number of hydrogen-bond donors (Lipinski definition) is 1. The van der Waals surface area contributed by atoms with Gasteiger partial charge >= 0.3 is 0 Å². The van der Waals surface area contributed by atoms with Crippen molar-refractivity contribution in [1.82, 2.24) is 10.2 Å². The standard InChI is InChI=1S/C12H18N2/c1-14(2)11-8-12(13-9-11)10-6-4-3-5-7-10/h3-7,11-13H,8-9H2,1-2H3. The third-order valence-corrected chi connectivity index (χ3v) is 3.04. The largest absolute Gasteiger partial charge is 0.308 e. The summed E-state index contributed by atoms with van der Waals surface area (Å²) in [4.78, 5) is 2.30. The van der Waals surface area contributed by atoms with Gasteiger partial charge < -0.3 is 10.2 Å². The molecule has 1 aliphatic rings. The maximum atomic E-state index is 3.56. The van der Waals surface area contributed by atoms with E-state index in [9.17, 15) is 0 Å². The minimum absolute atomic E-state index is 0.545. The Labute approximate surface area is 85.9 Å². The second kappa shape index (κ2) is 4.11. The molecular formula is C12H18N2. The molecule has 0 amide bonds. The van der Waals surface area contributed by atoms with Crippen LogP contribution < -0.4 is 5.32 Å². The summed E-state index contributed by atoms with van der Waals surface area (Å²) in [6.07, 6.45) is 1.22. The Morgan fingerprint density at radius 2 is 1.93 bits per heavy atom. The summed E-state index contributed by atoms with van der Waals surface area (Å²) < 4.78 is 0. The Kier molecular flexibility index (Phi) is 2.85. The van der Waals surface area contributed by atoms with Gasteiger partial charge in [0.2, 0.25) is 0 Å². The van der Waals surface area contributed by atoms with Crippen molar-refractivity contribution in [2.24, 2.45) is 0 Å². The first-order valence-electron chi connectivity index (χ1n) is 5.22. The third kappa shape index (κ3) is 1.97. The lowest BCUT2D eigenvalue weighted by molar-refractivity contribution is 0.309. The molecule has 1 saturated heterocycles. The molecule has 0 radical (unpaired) electrons. The topological polar surface area (TPSA) is 15.3 Å². The number of benzene rings is 1. The second-order valence-corrected chi connectivity index (χ2v) is 4.22. The van der Waals surface area contributed by atoms with Crippen molar-refractivity contribution < 1.29 is 0 Å². The normalized spacial score (nSPS) is 27.1. The maximum Gasteiger partial charge on any atom is 0.0336 e. The number of hydrogen-bond acceptors (Lipinski definition) is 2. The Balaban J connectivity index is 2.03. The molecule has 2 atom stereocenters. The SMILES string of the molecule is CN(C)C1CNC(c2ccccc2)C1. The van der Waals surface area contributed by atoms with Crippen molar-refractivity contribution in [3.8, 4) is 0 Å². The molecule has 0 saturated carbocycles. The lowest BCUT2D eigenvalue weighted by atomic mass is 10.0. The summed E-state index contributed by atoms with van der Waals surface area (Å²) >= 11 is 0. The zero-order chi connectivity index (χ0) is 9.97. The van der Waals surface area contributed by atoms with Crippen molar-refractivity contribution in [3.05, 3.63) is 35.9 Å². The quantitative estimate of drug-likeness (QED) is 0.763. The summed E-state index contributed by atoms with van der Waals surface area (Å²) in [5, 5.41) is 3.56. The van der Waals surface area contributed by atoms with Crippen LogP contribution in [0.15, 0.2) is 30.3 Å². The van der Waals surface area contributed by atoms with Crippen molar-refractivity contribution >= 4 is 0 Å². The molecule has 2 unspecified atom stereocenters. The average molecular weight is 190 g/mol. The average Bonchev–Trinajstić information content (AvgIpc) is 2.68. The van der Waals surface area contributed by atoms with Gasteiger partial charge in [0, 0.05) is 18.6 Å². The Morgan fingerprint density at radius 3 is 2.50 bits per heavy atom. The molecule has 1 fully saturated rings. The van der Waals surface area contributed by atoms with E-state index < -0.39 is 0 Å². The molecule has 1 aromatic rings. The van der Waals surface area contributed by atoms with Gasteiger partial charge in [-0.15, -0.1) is 0 Å². The summed E-state index contributed by atoms with van der Waals surface area (Å²) in [7, 11) is 4.30. The zero-order valence-corrected chi connectivity index (χ0v) is 8.90. The first-order valence-corrected chi connectivity index (χ1v) is 5.22. The third-order valence-electron chi connectivity index (χ3n) is 3.04. The van der Waals surface area contributed by atoms with E-state index in [1.807, 2.05) is 0 Å². The molecule has 0 spiro atoms. The Bertz CT molecular complexity index is 282. The van der Waals surface area contributed by atoms with E-state index in [1.165, 1.54) is 12.0 Å². The summed E-state index contributed by atoms with van der Waals surface area (Å²) in [5.74, 6) is 0. The number of nitrogens with one attached hydrogen (secondary N) is 1. The van der Waals surface area contributed by atoms with Gasteiger partial charge in [0.15, 0.2) is 0 Å². The van der Waals surface area contributed by atoms with E-state index in [-0.39, 0.29) is 0 Å².